The van der Waals surface area contributed by atoms with E-state index in [4.69, 9.17) is 16.6 Å². The molecule has 0 fully saturated rings. The first-order valence-electron chi connectivity index (χ1n) is 9.88. The maximum absolute atomic E-state index is 12.5. The van der Waals surface area contributed by atoms with Crippen molar-refractivity contribution in [3.63, 3.8) is 0 Å². The van der Waals surface area contributed by atoms with Crippen molar-refractivity contribution in [3.8, 4) is 11.1 Å². The normalized spacial score (nSPS) is 14.9. The number of nitrogens with one attached hydrogen (secondary N) is 1. The molecule has 1 N–H and O–H groups in total. The zero-order valence-electron chi connectivity index (χ0n) is 16.9. The second-order valence-electron chi connectivity index (χ2n) is 7.30. The number of halogens is 1. The molecule has 2 aromatic carbocycles. The van der Waals surface area contributed by atoms with Crippen LogP contribution in [0.5, 0.6) is 0 Å². The molecule has 0 spiro atoms. The van der Waals surface area contributed by atoms with Crippen LogP contribution in [0.2, 0.25) is 5.02 Å². The second kappa shape index (κ2) is 8.28. The van der Waals surface area contributed by atoms with Gasteiger partial charge in [0, 0.05) is 47.6 Å². The van der Waals surface area contributed by atoms with Crippen LogP contribution in [0.3, 0.4) is 0 Å². The summed E-state index contributed by atoms with van der Waals surface area (Å²) in [6, 6.07) is 16.6. The third-order valence-corrected chi connectivity index (χ3v) is 5.50. The van der Waals surface area contributed by atoms with Crippen LogP contribution in [0.4, 0.5) is 0 Å². The maximum atomic E-state index is 12.5. The van der Waals surface area contributed by atoms with Crippen LogP contribution in [-0.4, -0.2) is 22.7 Å². The van der Waals surface area contributed by atoms with E-state index >= 15 is 0 Å². The number of hydrogen-bond acceptors (Lipinski definition) is 3. The van der Waals surface area contributed by atoms with Crippen molar-refractivity contribution >= 4 is 23.2 Å². The SMILES string of the molecule is CCNC(=O)C[C@@H]1N=C(c2ccc(Cl)cc2)c2ccccc2-c2cn(C)c(=O)cc21. The zero-order valence-corrected chi connectivity index (χ0v) is 17.6. The lowest BCUT2D eigenvalue weighted by molar-refractivity contribution is -0.121. The average molecular weight is 420 g/mol. The molecule has 1 atom stereocenters. The van der Waals surface area contributed by atoms with Gasteiger partial charge >= 0.3 is 0 Å². The van der Waals surface area contributed by atoms with Gasteiger partial charge < -0.3 is 9.88 Å². The molecule has 6 heteroatoms. The number of aromatic nitrogens is 1. The summed E-state index contributed by atoms with van der Waals surface area (Å²) in [6.45, 7) is 2.43. The van der Waals surface area contributed by atoms with E-state index in [1.54, 1.807) is 17.7 Å². The van der Waals surface area contributed by atoms with E-state index in [0.717, 1.165) is 33.5 Å². The van der Waals surface area contributed by atoms with Gasteiger partial charge in [-0.15, -0.1) is 0 Å². The number of amides is 1. The molecule has 4 rings (SSSR count). The van der Waals surface area contributed by atoms with Gasteiger partial charge in [0.15, 0.2) is 0 Å². The Balaban J connectivity index is 1.98. The molecule has 3 aromatic rings. The lowest BCUT2D eigenvalue weighted by atomic mass is 9.92. The van der Waals surface area contributed by atoms with Gasteiger partial charge in [0.05, 0.1) is 18.2 Å². The summed E-state index contributed by atoms with van der Waals surface area (Å²) in [5.74, 6) is -0.0979. The average Bonchev–Trinajstić information content (AvgIpc) is 2.85. The highest BCUT2D eigenvalue weighted by molar-refractivity contribution is 6.30. The smallest absolute Gasteiger partial charge is 0.250 e. The van der Waals surface area contributed by atoms with Crippen LogP contribution in [0.1, 0.15) is 36.1 Å². The Bertz CT molecular complexity index is 1200. The lowest BCUT2D eigenvalue weighted by Gasteiger charge is -2.16. The first-order chi connectivity index (χ1) is 14.5. The number of nitrogens with zero attached hydrogens (tertiary/aromatic N) is 2. The van der Waals surface area contributed by atoms with Crippen molar-refractivity contribution in [1.82, 2.24) is 9.88 Å². The van der Waals surface area contributed by atoms with Crippen LogP contribution in [0.25, 0.3) is 11.1 Å². The van der Waals surface area contributed by atoms with E-state index < -0.39 is 6.04 Å². The summed E-state index contributed by atoms with van der Waals surface area (Å²) in [5, 5.41) is 3.49. The second-order valence-corrected chi connectivity index (χ2v) is 7.73. The highest BCUT2D eigenvalue weighted by Crippen LogP contribution is 2.38. The Hall–Kier alpha value is -3.18. The Kier molecular flexibility index (Phi) is 5.55. The monoisotopic (exact) mass is 419 g/mol. The fraction of sp³-hybridized carbons (Fsp3) is 0.208. The molecule has 1 aliphatic heterocycles. The minimum absolute atomic E-state index is 0.0979. The number of hydrogen-bond donors (Lipinski definition) is 1. The standard InChI is InChI=1S/C24H22ClN3O2/c1-3-26-22(29)13-21-19-12-23(30)28(2)14-20(19)17-6-4-5-7-18(17)24(27-21)15-8-10-16(25)11-9-15/h4-12,14,21H,3,13H2,1-2H3,(H,26,29)/t21-/m0/s1. The van der Waals surface area contributed by atoms with Crippen molar-refractivity contribution in [3.05, 3.63) is 92.9 Å². The zero-order chi connectivity index (χ0) is 21.3. The van der Waals surface area contributed by atoms with Crippen molar-refractivity contribution in [2.45, 2.75) is 19.4 Å². The van der Waals surface area contributed by atoms with Crippen LogP contribution in [0.15, 0.2) is 70.6 Å². The van der Waals surface area contributed by atoms with Gasteiger partial charge in [0.25, 0.3) is 5.56 Å². The van der Waals surface area contributed by atoms with Gasteiger partial charge in [0.2, 0.25) is 5.91 Å². The molecular formula is C24H22ClN3O2. The fourth-order valence-corrected chi connectivity index (χ4v) is 3.93. The molecule has 5 nitrogen and oxygen atoms in total. The summed E-state index contributed by atoms with van der Waals surface area (Å²) in [7, 11) is 1.73. The summed E-state index contributed by atoms with van der Waals surface area (Å²) >= 11 is 6.09. The molecule has 0 bridgehead atoms. The molecule has 0 aliphatic carbocycles. The third-order valence-electron chi connectivity index (χ3n) is 5.25. The number of pyridine rings is 1. The lowest BCUT2D eigenvalue weighted by Crippen LogP contribution is -2.25. The van der Waals surface area contributed by atoms with Crippen LogP contribution in [0, 0.1) is 0 Å². The van der Waals surface area contributed by atoms with E-state index in [2.05, 4.69) is 5.32 Å². The molecule has 2 heterocycles. The predicted octanol–water partition coefficient (Wildman–Crippen LogP) is 4.12. The van der Waals surface area contributed by atoms with Crippen molar-refractivity contribution in [1.29, 1.82) is 0 Å². The Labute approximate surface area is 180 Å². The molecule has 30 heavy (non-hydrogen) atoms. The molecule has 0 radical (unpaired) electrons. The van der Waals surface area contributed by atoms with E-state index in [-0.39, 0.29) is 17.9 Å². The third kappa shape index (κ3) is 3.81. The number of rotatable bonds is 4. The summed E-state index contributed by atoms with van der Waals surface area (Å²) in [4.78, 5) is 29.9. The van der Waals surface area contributed by atoms with Crippen LogP contribution in [-0.2, 0) is 11.8 Å². The molecule has 1 aliphatic rings. The van der Waals surface area contributed by atoms with Crippen LogP contribution >= 0.6 is 11.6 Å². The number of fused-ring (bicyclic) bond motifs is 3. The molecule has 1 amide bonds. The van der Waals surface area contributed by atoms with Gasteiger partial charge in [-0.1, -0.05) is 48.0 Å². The molecular weight excluding hydrogens is 398 g/mol. The number of carbonyl (C=O) groups is 1. The summed E-state index contributed by atoms with van der Waals surface area (Å²) in [6.07, 6.45) is 2.00. The van der Waals surface area contributed by atoms with Gasteiger partial charge in [-0.25, -0.2) is 0 Å². The van der Waals surface area contributed by atoms with Crippen molar-refractivity contribution in [2.75, 3.05) is 6.54 Å². The molecule has 0 saturated heterocycles. The van der Waals surface area contributed by atoms with E-state index in [9.17, 15) is 9.59 Å². The molecule has 1 aromatic heterocycles. The topological polar surface area (TPSA) is 63.5 Å². The highest BCUT2D eigenvalue weighted by atomic mass is 35.5. The number of aryl methyl sites for hydroxylation is 1. The molecule has 0 unspecified atom stereocenters. The maximum Gasteiger partial charge on any atom is 0.250 e. The van der Waals surface area contributed by atoms with Crippen molar-refractivity contribution in [2.24, 2.45) is 12.0 Å². The van der Waals surface area contributed by atoms with Gasteiger partial charge in [0.1, 0.15) is 0 Å². The molecule has 0 saturated carbocycles. The Morgan fingerprint density at radius 2 is 1.80 bits per heavy atom. The number of aliphatic imine (C=N–C) groups is 1. The first-order valence-corrected chi connectivity index (χ1v) is 10.3. The Morgan fingerprint density at radius 3 is 2.50 bits per heavy atom. The minimum Gasteiger partial charge on any atom is -0.356 e. The highest BCUT2D eigenvalue weighted by Gasteiger charge is 2.27. The first kappa shape index (κ1) is 20.1. The van der Waals surface area contributed by atoms with Crippen LogP contribution < -0.4 is 10.9 Å². The minimum atomic E-state index is -0.474. The Morgan fingerprint density at radius 1 is 1.10 bits per heavy atom. The van der Waals surface area contributed by atoms with E-state index in [0.29, 0.717) is 11.6 Å². The quantitative estimate of drug-likeness (QED) is 0.691. The van der Waals surface area contributed by atoms with Gasteiger partial charge in [-0.3, -0.25) is 14.6 Å². The number of benzene rings is 2. The van der Waals surface area contributed by atoms with Crippen molar-refractivity contribution < 1.29 is 4.79 Å². The van der Waals surface area contributed by atoms with Gasteiger partial charge in [-0.2, -0.15) is 0 Å². The summed E-state index contributed by atoms with van der Waals surface area (Å²) in [5.41, 5.74) is 5.18. The summed E-state index contributed by atoms with van der Waals surface area (Å²) < 4.78 is 1.56. The largest absolute Gasteiger partial charge is 0.356 e. The van der Waals surface area contributed by atoms with E-state index in [1.165, 1.54) is 0 Å². The fourth-order valence-electron chi connectivity index (χ4n) is 3.80. The molecule has 152 valence electrons. The van der Waals surface area contributed by atoms with Gasteiger partial charge in [-0.05, 0) is 30.2 Å². The predicted molar refractivity (Wildman–Crippen MR) is 120 cm³/mol. The number of carbonyl (C=O) groups excluding carboxylic acids is 1. The van der Waals surface area contributed by atoms with E-state index in [1.807, 2.05) is 61.7 Å².